The molecule has 1 amide bonds. The first-order chi connectivity index (χ1) is 6.80. The van der Waals surface area contributed by atoms with Gasteiger partial charge in [0.1, 0.15) is 0 Å². The standard InChI is InChI=1S/C8H10AsNO5.Na/c1-5(11)10-7-4-6(9(13,14)15)2-3-8(7)12;/h2-4,12H,1H3,(H,10,11)(H2,13,14,15);/q;+1. The van der Waals surface area contributed by atoms with Gasteiger partial charge in [0.2, 0.25) is 0 Å². The van der Waals surface area contributed by atoms with Crippen LogP contribution in [0.1, 0.15) is 6.92 Å². The largest absolute Gasteiger partial charge is 1.00 e. The van der Waals surface area contributed by atoms with Crippen LogP contribution in [0, 0.1) is 0 Å². The van der Waals surface area contributed by atoms with E-state index in [0.717, 1.165) is 18.2 Å². The number of hydrogen-bond acceptors (Lipinski definition) is 3. The van der Waals surface area contributed by atoms with Gasteiger partial charge in [-0.05, 0) is 0 Å². The number of aromatic hydroxyl groups is 1. The number of phenols is 1. The van der Waals surface area contributed by atoms with Gasteiger partial charge in [-0.1, -0.05) is 0 Å². The number of rotatable bonds is 2. The molecule has 0 aliphatic rings. The number of hydrogen-bond donors (Lipinski definition) is 4. The van der Waals surface area contributed by atoms with E-state index in [1.54, 1.807) is 0 Å². The van der Waals surface area contributed by atoms with Crippen molar-refractivity contribution in [1.82, 2.24) is 0 Å². The van der Waals surface area contributed by atoms with Crippen LogP contribution in [0.25, 0.3) is 0 Å². The maximum atomic E-state index is 10.9. The molecular formula is C8H10AsNNaO5+. The van der Waals surface area contributed by atoms with Crippen LogP contribution in [-0.4, -0.2) is 33.4 Å². The van der Waals surface area contributed by atoms with Crippen LogP contribution in [0.3, 0.4) is 0 Å². The molecule has 0 atom stereocenters. The molecular weight excluding hydrogens is 288 g/mol. The van der Waals surface area contributed by atoms with E-state index in [0.29, 0.717) is 0 Å². The maximum Gasteiger partial charge on any atom is 1.00 e. The predicted molar refractivity (Wildman–Crippen MR) is 52.9 cm³/mol. The van der Waals surface area contributed by atoms with Gasteiger partial charge in [0, 0.05) is 0 Å². The van der Waals surface area contributed by atoms with Crippen LogP contribution in [0.15, 0.2) is 18.2 Å². The molecule has 1 rings (SSSR count). The van der Waals surface area contributed by atoms with Crippen LogP contribution in [-0.2, 0) is 8.53 Å². The van der Waals surface area contributed by atoms with E-state index in [1.807, 2.05) is 0 Å². The molecule has 0 saturated heterocycles. The SMILES string of the molecule is CC(=O)Nc1cc([As](=O)(O)O)ccc1O.[Na+]. The molecule has 8 heteroatoms. The van der Waals surface area contributed by atoms with Crippen molar-refractivity contribution in [2.75, 3.05) is 5.32 Å². The van der Waals surface area contributed by atoms with Crippen molar-refractivity contribution in [3.63, 3.8) is 0 Å². The zero-order valence-electron chi connectivity index (χ0n) is 8.84. The minimum absolute atomic E-state index is 0. The molecule has 82 valence electrons. The fourth-order valence-electron chi connectivity index (χ4n) is 0.995. The quantitative estimate of drug-likeness (QED) is 0.328. The Morgan fingerprint density at radius 2 is 1.94 bits per heavy atom. The van der Waals surface area contributed by atoms with E-state index in [2.05, 4.69) is 5.32 Å². The number of amides is 1. The van der Waals surface area contributed by atoms with E-state index in [9.17, 15) is 13.6 Å². The van der Waals surface area contributed by atoms with Gasteiger partial charge in [-0.2, -0.15) is 0 Å². The molecule has 0 unspecified atom stereocenters. The van der Waals surface area contributed by atoms with Crippen LogP contribution in [0.4, 0.5) is 5.69 Å². The minimum atomic E-state index is -4.98. The molecule has 0 heterocycles. The molecule has 0 fully saturated rings. The summed E-state index contributed by atoms with van der Waals surface area (Å²) >= 11 is -4.98. The first kappa shape index (κ1) is 15.8. The Labute approximate surface area is 117 Å². The summed E-state index contributed by atoms with van der Waals surface area (Å²) in [5, 5.41) is 11.6. The Kier molecular flexibility index (Phi) is 5.82. The van der Waals surface area contributed by atoms with Gasteiger partial charge in [0.05, 0.1) is 0 Å². The molecule has 1 aromatic carbocycles. The van der Waals surface area contributed by atoms with Gasteiger partial charge in [-0.3, -0.25) is 0 Å². The van der Waals surface area contributed by atoms with Gasteiger partial charge in [0.15, 0.2) is 0 Å². The van der Waals surface area contributed by atoms with Gasteiger partial charge in [-0.25, -0.2) is 0 Å². The molecule has 0 saturated carbocycles. The minimum Gasteiger partial charge on any atom is 1.00 e. The Balaban J connectivity index is 0.00000225. The summed E-state index contributed by atoms with van der Waals surface area (Å²) in [4.78, 5) is 10.7. The van der Waals surface area contributed by atoms with E-state index >= 15 is 0 Å². The summed E-state index contributed by atoms with van der Waals surface area (Å²) in [6, 6.07) is 3.32. The third kappa shape index (κ3) is 4.33. The summed E-state index contributed by atoms with van der Waals surface area (Å²) in [7, 11) is 0. The second-order valence-corrected chi connectivity index (χ2v) is 6.29. The van der Waals surface area contributed by atoms with Crippen molar-refractivity contribution in [2.45, 2.75) is 6.92 Å². The molecule has 1 aromatic rings. The smallest absolute Gasteiger partial charge is 1.00 e. The summed E-state index contributed by atoms with van der Waals surface area (Å²) in [6.07, 6.45) is 0. The zero-order chi connectivity index (χ0) is 11.6. The number of benzene rings is 1. The number of nitrogens with one attached hydrogen (secondary N) is 1. The van der Waals surface area contributed by atoms with Gasteiger partial charge in [-0.15, -0.1) is 0 Å². The second-order valence-electron chi connectivity index (χ2n) is 2.93. The van der Waals surface area contributed by atoms with E-state index in [1.165, 1.54) is 6.92 Å². The molecule has 0 aliphatic heterocycles. The van der Waals surface area contributed by atoms with E-state index in [4.69, 9.17) is 8.19 Å². The Morgan fingerprint density at radius 1 is 1.38 bits per heavy atom. The fourth-order valence-corrected chi connectivity index (χ4v) is 2.18. The van der Waals surface area contributed by atoms with Crippen LogP contribution in [0.2, 0.25) is 0 Å². The topological polar surface area (TPSA) is 107 Å². The number of anilines is 1. The Hall–Kier alpha value is -0.232. The zero-order valence-corrected chi connectivity index (χ0v) is 12.7. The first-order valence-corrected chi connectivity index (χ1v) is 7.35. The summed E-state index contributed by atoms with van der Waals surface area (Å²) in [6.45, 7) is 1.23. The van der Waals surface area contributed by atoms with Gasteiger partial charge >= 0.3 is 118 Å². The summed E-state index contributed by atoms with van der Waals surface area (Å²) in [5.74, 6) is -0.668. The molecule has 4 N–H and O–H groups in total. The maximum absolute atomic E-state index is 10.9. The average Bonchev–Trinajstić information content (AvgIpc) is 2.06. The van der Waals surface area contributed by atoms with E-state index < -0.39 is 20.1 Å². The normalized spacial score (nSPS) is 10.4. The molecule has 0 spiro atoms. The first-order valence-electron chi connectivity index (χ1n) is 3.97. The van der Waals surface area contributed by atoms with Crippen molar-refractivity contribution in [3.8, 4) is 5.75 Å². The van der Waals surface area contributed by atoms with Crippen molar-refractivity contribution in [1.29, 1.82) is 0 Å². The van der Waals surface area contributed by atoms with Crippen molar-refractivity contribution >= 4 is 30.1 Å². The molecule has 16 heavy (non-hydrogen) atoms. The fraction of sp³-hybridized carbons (Fsp3) is 0.125. The van der Waals surface area contributed by atoms with Crippen molar-refractivity contribution in [2.24, 2.45) is 0 Å². The number of carbonyl (C=O) groups excluding carboxylic acids is 1. The number of carbonyl (C=O) groups is 1. The molecule has 0 aliphatic carbocycles. The van der Waals surface area contributed by atoms with Gasteiger partial charge in [0.25, 0.3) is 0 Å². The number of phenolic OH excluding ortho intramolecular Hbond substituents is 1. The molecule has 0 radical (unpaired) electrons. The monoisotopic (exact) mass is 298 g/mol. The molecule has 0 aromatic heterocycles. The molecule has 6 nitrogen and oxygen atoms in total. The van der Waals surface area contributed by atoms with Crippen molar-refractivity contribution in [3.05, 3.63) is 18.2 Å². The molecule has 0 bridgehead atoms. The van der Waals surface area contributed by atoms with Crippen LogP contribution >= 0.6 is 0 Å². The van der Waals surface area contributed by atoms with E-state index in [-0.39, 0.29) is 45.3 Å². The average molecular weight is 298 g/mol. The van der Waals surface area contributed by atoms with Crippen LogP contribution < -0.4 is 39.2 Å². The predicted octanol–water partition coefficient (Wildman–Crippen LogP) is -4.08. The summed E-state index contributed by atoms with van der Waals surface area (Å²) in [5.41, 5.74) is -0.00951. The second kappa shape index (κ2) is 5.91. The van der Waals surface area contributed by atoms with Gasteiger partial charge < -0.3 is 0 Å². The summed E-state index contributed by atoms with van der Waals surface area (Å²) < 4.78 is 28.6. The third-order valence-corrected chi connectivity index (χ3v) is 3.62. The third-order valence-electron chi connectivity index (χ3n) is 1.63. The Morgan fingerprint density at radius 3 is 2.38 bits per heavy atom. The van der Waals surface area contributed by atoms with Crippen LogP contribution in [0.5, 0.6) is 5.75 Å². The Bertz CT molecular complexity index is 444. The van der Waals surface area contributed by atoms with Crippen molar-refractivity contribution < 1.29 is 51.4 Å².